The third-order valence-corrected chi connectivity index (χ3v) is 13.7. The first-order chi connectivity index (χ1) is 29.9. The predicted octanol–water partition coefficient (Wildman–Crippen LogP) is 16.9. The Morgan fingerprint density at radius 3 is 1.79 bits per heavy atom. The molecule has 12 rings (SSSR count). The van der Waals surface area contributed by atoms with Gasteiger partial charge in [0.15, 0.2) is 0 Å². The Kier molecular flexibility index (Phi) is 7.97. The van der Waals surface area contributed by atoms with Crippen molar-refractivity contribution in [2.75, 3.05) is 4.90 Å². The highest BCUT2D eigenvalue weighted by atomic mass is 32.1. The highest BCUT2D eigenvalue weighted by molar-refractivity contribution is 7.26. The van der Waals surface area contributed by atoms with Crippen LogP contribution in [0.2, 0.25) is 0 Å². The van der Waals surface area contributed by atoms with Crippen LogP contribution in [0.15, 0.2) is 193 Å². The molecule has 0 spiro atoms. The molecule has 3 nitrogen and oxygen atoms in total. The maximum atomic E-state index is 6.70. The fraction of sp³-hybridized carbons (Fsp3) is 0.0702. The third kappa shape index (κ3) is 5.82. The number of thiophene rings is 1. The average Bonchev–Trinajstić information content (AvgIpc) is 3.86. The summed E-state index contributed by atoms with van der Waals surface area (Å²) in [7, 11) is 0. The molecule has 0 aliphatic carbocycles. The summed E-state index contributed by atoms with van der Waals surface area (Å²) in [5.74, 6) is 0. The first-order valence-corrected chi connectivity index (χ1v) is 21.7. The van der Waals surface area contributed by atoms with Crippen molar-refractivity contribution in [1.82, 2.24) is 4.98 Å². The Labute approximate surface area is 357 Å². The number of pyridine rings is 1. The van der Waals surface area contributed by atoms with Gasteiger partial charge in [0.05, 0.1) is 5.69 Å². The van der Waals surface area contributed by atoms with E-state index in [1.165, 1.54) is 69.2 Å². The van der Waals surface area contributed by atoms with Crippen molar-refractivity contribution in [2.45, 2.75) is 26.2 Å². The van der Waals surface area contributed by atoms with Crippen LogP contribution in [-0.2, 0) is 5.41 Å². The SMILES string of the molecule is CC(C)(C)c1ccc(-c2cccc(N(c3ccc4oc5cc6c7ccccc7c7ccccc7c6cc5c4c3)c3ccc4sc5c(-c6ccccn6)cccc5c4c3)c2)cc1. The Hall–Kier alpha value is -7.27. The summed E-state index contributed by atoms with van der Waals surface area (Å²) in [6, 6.07) is 66.4. The second-order valence-corrected chi connectivity index (χ2v) is 18.2. The largest absolute Gasteiger partial charge is 0.456 e. The van der Waals surface area contributed by atoms with Crippen molar-refractivity contribution >= 4 is 103 Å². The van der Waals surface area contributed by atoms with Gasteiger partial charge in [-0.15, -0.1) is 11.3 Å². The molecular weight excluding hydrogens is 761 g/mol. The Bertz CT molecular complexity index is 3690. The van der Waals surface area contributed by atoms with E-state index in [0.717, 1.165) is 50.3 Å². The van der Waals surface area contributed by atoms with Crippen molar-refractivity contribution in [3.05, 3.63) is 194 Å². The second-order valence-electron chi connectivity index (χ2n) is 17.2. The molecule has 0 bridgehead atoms. The molecule has 0 saturated carbocycles. The lowest BCUT2D eigenvalue weighted by molar-refractivity contribution is 0.590. The molecule has 3 aromatic heterocycles. The average molecular weight is 801 g/mol. The maximum absolute atomic E-state index is 6.70. The summed E-state index contributed by atoms with van der Waals surface area (Å²) in [4.78, 5) is 7.13. The highest BCUT2D eigenvalue weighted by Gasteiger charge is 2.20. The van der Waals surface area contributed by atoms with Crippen LogP contribution in [-0.4, -0.2) is 4.98 Å². The number of furan rings is 1. The van der Waals surface area contributed by atoms with Crippen LogP contribution in [0.25, 0.3) is 96.8 Å². The van der Waals surface area contributed by atoms with Crippen molar-refractivity contribution < 1.29 is 4.42 Å². The number of aromatic nitrogens is 1. The van der Waals surface area contributed by atoms with Gasteiger partial charge in [-0.2, -0.15) is 0 Å². The molecule has 0 amide bonds. The van der Waals surface area contributed by atoms with Gasteiger partial charge in [0, 0.05) is 59.8 Å². The van der Waals surface area contributed by atoms with Gasteiger partial charge in [-0.25, -0.2) is 0 Å². The minimum absolute atomic E-state index is 0.0864. The van der Waals surface area contributed by atoms with Crippen molar-refractivity contribution in [1.29, 1.82) is 0 Å². The number of fused-ring (bicyclic) bond motifs is 12. The lowest BCUT2D eigenvalue weighted by Crippen LogP contribution is -2.10. The number of anilines is 3. The molecule has 0 aliphatic rings. The summed E-state index contributed by atoms with van der Waals surface area (Å²) in [5, 5.41) is 12.1. The monoisotopic (exact) mass is 800 g/mol. The fourth-order valence-corrected chi connectivity index (χ4v) is 10.6. The fourth-order valence-electron chi connectivity index (χ4n) is 9.38. The second kappa shape index (κ2) is 13.6. The van der Waals surface area contributed by atoms with E-state index in [1.807, 2.05) is 23.6 Å². The number of hydrogen-bond acceptors (Lipinski definition) is 4. The summed E-state index contributed by atoms with van der Waals surface area (Å²) < 4.78 is 9.20. The van der Waals surface area contributed by atoms with Gasteiger partial charge in [-0.3, -0.25) is 4.98 Å². The van der Waals surface area contributed by atoms with Crippen molar-refractivity contribution in [3.8, 4) is 22.4 Å². The minimum Gasteiger partial charge on any atom is -0.456 e. The van der Waals surface area contributed by atoms with Crippen LogP contribution in [0.1, 0.15) is 26.3 Å². The first-order valence-electron chi connectivity index (χ1n) is 20.9. The van der Waals surface area contributed by atoms with E-state index < -0.39 is 0 Å². The normalized spacial score (nSPS) is 12.2. The van der Waals surface area contributed by atoms with Gasteiger partial charge < -0.3 is 9.32 Å². The van der Waals surface area contributed by atoms with Crippen LogP contribution in [0.5, 0.6) is 0 Å². The number of benzene rings is 9. The standard InChI is InChI=1S/C57H40N2OS/c1-57(2,3)37-23-21-35(22-24-37)36-12-10-13-38(30-36)59(40-26-28-55-51(32-40)45-18-11-19-46(56(45)61-55)52-20-8-9-29-58-52)39-25-27-53-49(31-39)50-33-47-43-16-6-4-14-41(43)42-15-5-7-17-44(42)48(47)34-54(50)60-53/h4-34H,1-3H3. The van der Waals surface area contributed by atoms with E-state index in [0.29, 0.717) is 0 Å². The molecule has 0 saturated heterocycles. The molecule has 0 N–H and O–H groups in total. The van der Waals surface area contributed by atoms with Crippen LogP contribution in [0, 0.1) is 0 Å². The number of hydrogen-bond donors (Lipinski definition) is 0. The van der Waals surface area contributed by atoms with Crippen molar-refractivity contribution in [3.63, 3.8) is 0 Å². The third-order valence-electron chi connectivity index (χ3n) is 12.4. The van der Waals surface area contributed by atoms with E-state index in [-0.39, 0.29) is 5.41 Å². The Morgan fingerprint density at radius 1 is 0.443 bits per heavy atom. The van der Waals surface area contributed by atoms with E-state index in [4.69, 9.17) is 9.40 Å². The summed E-state index contributed by atoms with van der Waals surface area (Å²) in [5.41, 5.74) is 10.9. The molecule has 12 aromatic rings. The number of nitrogens with zero attached hydrogens (tertiary/aromatic N) is 2. The van der Waals surface area contributed by atoms with Gasteiger partial charge in [0.2, 0.25) is 0 Å². The summed E-state index contributed by atoms with van der Waals surface area (Å²) >= 11 is 1.83. The van der Waals surface area contributed by atoms with E-state index >= 15 is 0 Å². The molecule has 3 heterocycles. The molecular formula is C57H40N2OS. The van der Waals surface area contributed by atoms with Gasteiger partial charge in [-0.1, -0.05) is 130 Å². The molecule has 0 radical (unpaired) electrons. The predicted molar refractivity (Wildman–Crippen MR) is 261 cm³/mol. The van der Waals surface area contributed by atoms with E-state index in [9.17, 15) is 0 Å². The van der Waals surface area contributed by atoms with E-state index in [2.05, 4.69) is 202 Å². The molecule has 0 fully saturated rings. The summed E-state index contributed by atoms with van der Waals surface area (Å²) in [6.07, 6.45) is 1.87. The van der Waals surface area contributed by atoms with Crippen LogP contribution in [0.3, 0.4) is 0 Å². The van der Waals surface area contributed by atoms with Gasteiger partial charge in [0.25, 0.3) is 0 Å². The smallest absolute Gasteiger partial charge is 0.136 e. The van der Waals surface area contributed by atoms with Crippen molar-refractivity contribution in [2.24, 2.45) is 0 Å². The molecule has 290 valence electrons. The van der Waals surface area contributed by atoms with Gasteiger partial charge in [0.1, 0.15) is 11.2 Å². The zero-order valence-electron chi connectivity index (χ0n) is 34.1. The highest BCUT2D eigenvalue weighted by Crippen LogP contribution is 2.46. The lowest BCUT2D eigenvalue weighted by atomic mass is 9.86. The van der Waals surface area contributed by atoms with Gasteiger partial charge in [-0.05, 0) is 127 Å². The van der Waals surface area contributed by atoms with Crippen LogP contribution in [0.4, 0.5) is 17.1 Å². The molecule has 0 aliphatic heterocycles. The maximum Gasteiger partial charge on any atom is 0.136 e. The Morgan fingerprint density at radius 2 is 1.07 bits per heavy atom. The molecule has 4 heteroatoms. The molecule has 0 unspecified atom stereocenters. The molecule has 9 aromatic carbocycles. The molecule has 0 atom stereocenters. The van der Waals surface area contributed by atoms with Gasteiger partial charge >= 0.3 is 0 Å². The Balaban J connectivity index is 1.07. The first kappa shape index (κ1) is 35.7. The lowest BCUT2D eigenvalue weighted by Gasteiger charge is -2.26. The topological polar surface area (TPSA) is 29.3 Å². The number of rotatable bonds is 5. The molecule has 61 heavy (non-hydrogen) atoms. The van der Waals surface area contributed by atoms with Crippen LogP contribution >= 0.6 is 11.3 Å². The quantitative estimate of drug-likeness (QED) is 0.162. The zero-order chi connectivity index (χ0) is 40.8. The zero-order valence-corrected chi connectivity index (χ0v) is 34.9. The minimum atomic E-state index is 0.0864. The van der Waals surface area contributed by atoms with E-state index in [1.54, 1.807) is 0 Å². The summed E-state index contributed by atoms with van der Waals surface area (Å²) in [6.45, 7) is 6.79. The van der Waals surface area contributed by atoms with Crippen LogP contribution < -0.4 is 4.90 Å².